The Kier molecular flexibility index (Phi) is 4.99. The van der Waals surface area contributed by atoms with Crippen molar-refractivity contribution in [1.82, 2.24) is 0 Å². The second-order valence-corrected chi connectivity index (χ2v) is 5.62. The van der Waals surface area contributed by atoms with E-state index in [1.807, 2.05) is 42.5 Å². The summed E-state index contributed by atoms with van der Waals surface area (Å²) >= 11 is 0. The predicted octanol–water partition coefficient (Wildman–Crippen LogP) is 4.10. The van der Waals surface area contributed by atoms with Crippen LogP contribution >= 0.6 is 0 Å². The maximum Gasteiger partial charge on any atom is 0.339 e. The summed E-state index contributed by atoms with van der Waals surface area (Å²) in [5, 5.41) is 12.3. The largest absolute Gasteiger partial charge is 0.508 e. The van der Waals surface area contributed by atoms with Crippen molar-refractivity contribution in [2.45, 2.75) is 0 Å². The molecule has 0 aliphatic heterocycles. The molecule has 3 aromatic carbocycles. The van der Waals surface area contributed by atoms with Crippen molar-refractivity contribution in [3.05, 3.63) is 83.9 Å². The number of phenolic OH excluding ortho intramolecular Hbond substituents is 1. The van der Waals surface area contributed by atoms with Crippen LogP contribution in [0.15, 0.2) is 72.8 Å². The van der Waals surface area contributed by atoms with Crippen LogP contribution in [0.1, 0.15) is 20.7 Å². The van der Waals surface area contributed by atoms with Crippen molar-refractivity contribution in [2.24, 2.45) is 0 Å². The molecule has 130 valence electrons. The van der Waals surface area contributed by atoms with E-state index in [-0.39, 0.29) is 22.9 Å². The van der Waals surface area contributed by atoms with E-state index >= 15 is 0 Å². The van der Waals surface area contributed by atoms with Crippen LogP contribution in [0.5, 0.6) is 5.75 Å². The molecule has 0 unspecified atom stereocenters. The number of benzene rings is 3. The molecule has 0 radical (unpaired) electrons. The lowest BCUT2D eigenvalue weighted by molar-refractivity contribution is 0.0602. The number of methoxy groups -OCH3 is 1. The van der Waals surface area contributed by atoms with Crippen LogP contribution in [0, 0.1) is 0 Å². The lowest BCUT2D eigenvalue weighted by Crippen LogP contribution is -2.15. The summed E-state index contributed by atoms with van der Waals surface area (Å²) in [6.45, 7) is 0. The molecule has 0 saturated heterocycles. The highest BCUT2D eigenvalue weighted by molar-refractivity contribution is 6.08. The minimum absolute atomic E-state index is 0.0626. The predicted molar refractivity (Wildman–Crippen MR) is 99.3 cm³/mol. The fourth-order valence-electron chi connectivity index (χ4n) is 2.56. The molecule has 5 heteroatoms. The SMILES string of the molecule is COC(=O)c1ccc(O)cc1NC(=O)c1ccc(-c2ccccc2)cc1. The lowest BCUT2D eigenvalue weighted by Gasteiger charge is -2.11. The Balaban J connectivity index is 1.83. The van der Waals surface area contributed by atoms with Crippen LogP contribution in [0.2, 0.25) is 0 Å². The van der Waals surface area contributed by atoms with Gasteiger partial charge < -0.3 is 15.2 Å². The van der Waals surface area contributed by atoms with E-state index in [1.54, 1.807) is 12.1 Å². The number of hydrogen-bond acceptors (Lipinski definition) is 4. The van der Waals surface area contributed by atoms with E-state index in [4.69, 9.17) is 4.74 Å². The second-order valence-electron chi connectivity index (χ2n) is 5.62. The molecule has 0 fully saturated rings. The molecule has 3 aromatic rings. The van der Waals surface area contributed by atoms with Gasteiger partial charge in [0.2, 0.25) is 0 Å². The number of hydrogen-bond donors (Lipinski definition) is 2. The third-order valence-corrected chi connectivity index (χ3v) is 3.91. The quantitative estimate of drug-likeness (QED) is 0.697. The van der Waals surface area contributed by atoms with Crippen LogP contribution in [-0.2, 0) is 4.74 Å². The Morgan fingerprint density at radius 2 is 1.54 bits per heavy atom. The van der Waals surface area contributed by atoms with E-state index < -0.39 is 5.97 Å². The van der Waals surface area contributed by atoms with E-state index in [1.165, 1.54) is 25.3 Å². The first-order valence-electron chi connectivity index (χ1n) is 7.96. The number of esters is 1. The van der Waals surface area contributed by atoms with Gasteiger partial charge in [-0.05, 0) is 35.4 Å². The van der Waals surface area contributed by atoms with Crippen LogP contribution in [0.3, 0.4) is 0 Å². The van der Waals surface area contributed by atoms with Crippen molar-refractivity contribution in [1.29, 1.82) is 0 Å². The molecule has 0 atom stereocenters. The molecule has 0 bridgehead atoms. The summed E-state index contributed by atoms with van der Waals surface area (Å²) in [7, 11) is 1.25. The zero-order valence-corrected chi connectivity index (χ0v) is 14.1. The maximum absolute atomic E-state index is 12.5. The Hall–Kier alpha value is -3.60. The second kappa shape index (κ2) is 7.53. The van der Waals surface area contributed by atoms with Gasteiger partial charge in [0.15, 0.2) is 0 Å². The molecule has 0 spiro atoms. The van der Waals surface area contributed by atoms with Gasteiger partial charge in [-0.3, -0.25) is 4.79 Å². The average molecular weight is 347 g/mol. The maximum atomic E-state index is 12.5. The highest BCUT2D eigenvalue weighted by Gasteiger charge is 2.15. The summed E-state index contributed by atoms with van der Waals surface area (Å²) in [4.78, 5) is 24.3. The molecule has 26 heavy (non-hydrogen) atoms. The van der Waals surface area contributed by atoms with Crippen molar-refractivity contribution in [2.75, 3.05) is 12.4 Å². The normalized spacial score (nSPS) is 10.2. The van der Waals surface area contributed by atoms with Gasteiger partial charge in [-0.15, -0.1) is 0 Å². The Morgan fingerprint density at radius 1 is 0.885 bits per heavy atom. The molecule has 3 rings (SSSR count). The number of phenols is 1. The number of ether oxygens (including phenoxy) is 1. The van der Waals surface area contributed by atoms with Gasteiger partial charge in [-0.2, -0.15) is 0 Å². The number of anilines is 1. The van der Waals surface area contributed by atoms with Crippen LogP contribution < -0.4 is 5.32 Å². The van der Waals surface area contributed by atoms with E-state index in [0.29, 0.717) is 5.56 Å². The van der Waals surface area contributed by atoms with Gasteiger partial charge in [-0.1, -0.05) is 42.5 Å². The zero-order valence-electron chi connectivity index (χ0n) is 14.1. The van der Waals surface area contributed by atoms with Gasteiger partial charge in [0.1, 0.15) is 5.75 Å². The third kappa shape index (κ3) is 3.72. The smallest absolute Gasteiger partial charge is 0.339 e. The van der Waals surface area contributed by atoms with Crippen LogP contribution in [-0.4, -0.2) is 24.1 Å². The Bertz CT molecular complexity index is 934. The molecule has 5 nitrogen and oxygen atoms in total. The number of amides is 1. The van der Waals surface area contributed by atoms with Crippen LogP contribution in [0.4, 0.5) is 5.69 Å². The molecule has 0 aromatic heterocycles. The van der Waals surface area contributed by atoms with Crippen LogP contribution in [0.25, 0.3) is 11.1 Å². The fourth-order valence-corrected chi connectivity index (χ4v) is 2.56. The first-order valence-corrected chi connectivity index (χ1v) is 7.96. The first kappa shape index (κ1) is 17.2. The minimum atomic E-state index is -0.597. The average Bonchev–Trinajstić information content (AvgIpc) is 2.68. The summed E-state index contributed by atoms with van der Waals surface area (Å²) in [5.74, 6) is -1.05. The third-order valence-electron chi connectivity index (χ3n) is 3.91. The van der Waals surface area contributed by atoms with Gasteiger partial charge in [0.25, 0.3) is 5.91 Å². The van der Waals surface area contributed by atoms with Crippen molar-refractivity contribution in [3.8, 4) is 16.9 Å². The van der Waals surface area contributed by atoms with Crippen molar-refractivity contribution >= 4 is 17.6 Å². The monoisotopic (exact) mass is 347 g/mol. The zero-order chi connectivity index (χ0) is 18.5. The molecular formula is C21H17NO4. The molecule has 0 heterocycles. The van der Waals surface area contributed by atoms with E-state index in [9.17, 15) is 14.7 Å². The highest BCUT2D eigenvalue weighted by atomic mass is 16.5. The van der Waals surface area contributed by atoms with Gasteiger partial charge >= 0.3 is 5.97 Å². The van der Waals surface area contributed by atoms with Gasteiger partial charge in [-0.25, -0.2) is 4.79 Å². The number of nitrogens with one attached hydrogen (secondary N) is 1. The summed E-state index contributed by atoms with van der Waals surface area (Å²) < 4.78 is 4.70. The fraction of sp³-hybridized carbons (Fsp3) is 0.0476. The first-order chi connectivity index (χ1) is 12.6. The number of rotatable bonds is 4. The van der Waals surface area contributed by atoms with Gasteiger partial charge in [0, 0.05) is 11.6 Å². The number of aromatic hydroxyl groups is 1. The molecule has 0 saturated carbocycles. The number of carbonyl (C=O) groups excluding carboxylic acids is 2. The van der Waals surface area contributed by atoms with E-state index in [2.05, 4.69) is 5.32 Å². The molecule has 2 N–H and O–H groups in total. The highest BCUT2D eigenvalue weighted by Crippen LogP contribution is 2.24. The van der Waals surface area contributed by atoms with E-state index in [0.717, 1.165) is 11.1 Å². The lowest BCUT2D eigenvalue weighted by atomic mass is 10.0. The minimum Gasteiger partial charge on any atom is -0.508 e. The molecule has 1 amide bonds. The van der Waals surface area contributed by atoms with Gasteiger partial charge in [0.05, 0.1) is 18.4 Å². The standard InChI is InChI=1S/C21H17NO4/c1-26-21(25)18-12-11-17(23)13-19(18)22-20(24)16-9-7-15(8-10-16)14-5-3-2-4-6-14/h2-13,23H,1H3,(H,22,24). The van der Waals surface area contributed by atoms with Crippen molar-refractivity contribution < 1.29 is 19.4 Å². The Morgan fingerprint density at radius 3 is 2.19 bits per heavy atom. The Labute approximate surface area is 150 Å². The van der Waals surface area contributed by atoms with Crippen molar-refractivity contribution in [3.63, 3.8) is 0 Å². The molecular weight excluding hydrogens is 330 g/mol. The summed E-state index contributed by atoms with van der Waals surface area (Å²) in [6, 6.07) is 21.0. The number of carbonyl (C=O) groups is 2. The summed E-state index contributed by atoms with van der Waals surface area (Å²) in [6.07, 6.45) is 0. The molecule has 0 aliphatic rings. The summed E-state index contributed by atoms with van der Waals surface area (Å²) in [5.41, 5.74) is 2.84. The topological polar surface area (TPSA) is 75.6 Å². The molecule has 0 aliphatic carbocycles.